The van der Waals surface area contributed by atoms with Gasteiger partial charge in [-0.1, -0.05) is 212 Å². The molecule has 2 aromatic heterocycles. The van der Waals surface area contributed by atoms with E-state index in [1.54, 1.807) is 0 Å². The lowest BCUT2D eigenvalue weighted by Crippen LogP contribution is -2.25. The molecular formula is C73H46N2O. The van der Waals surface area contributed by atoms with E-state index in [9.17, 15) is 0 Å². The van der Waals surface area contributed by atoms with Gasteiger partial charge in [0.05, 0.1) is 27.5 Å². The molecule has 1 spiro atoms. The van der Waals surface area contributed by atoms with Gasteiger partial charge in [-0.05, 0) is 139 Å². The largest absolute Gasteiger partial charge is 0.455 e. The van der Waals surface area contributed by atoms with Gasteiger partial charge < -0.3 is 13.9 Å². The first-order valence-electron chi connectivity index (χ1n) is 26.2. The molecule has 12 aromatic carbocycles. The zero-order valence-corrected chi connectivity index (χ0v) is 41.4. The number of anilines is 3. The molecule has 0 N–H and O–H groups in total. The highest BCUT2D eigenvalue weighted by Gasteiger charge is 2.52. The normalized spacial score (nSPS) is 12.8. The lowest BCUT2D eigenvalue weighted by atomic mass is 9.70. The topological polar surface area (TPSA) is 21.3 Å². The minimum absolute atomic E-state index is 0.453. The number of rotatable bonds is 7. The zero-order chi connectivity index (χ0) is 49.9. The molecule has 354 valence electrons. The Hall–Kier alpha value is -9.96. The maximum absolute atomic E-state index is 7.19. The molecule has 0 amide bonds. The van der Waals surface area contributed by atoms with Crippen molar-refractivity contribution in [3.05, 3.63) is 301 Å². The molecule has 76 heavy (non-hydrogen) atoms. The van der Waals surface area contributed by atoms with Gasteiger partial charge in [-0.25, -0.2) is 0 Å². The Morgan fingerprint density at radius 2 is 0.776 bits per heavy atom. The lowest BCUT2D eigenvalue weighted by molar-refractivity contribution is 0.670. The van der Waals surface area contributed by atoms with Crippen LogP contribution in [0.15, 0.2) is 283 Å². The standard InChI is InChI=1S/C73H46N2O/c1-2-17-47(18-3-1)48-33-39-51(40-34-48)74(52-41-35-49(36-42-52)50-37-43-53(44-38-50)75-66-30-13-7-21-56(66)57-22-8-14-31-67(57)75)68-46-45-59(72-71(68)61-24-9-15-32-69(61)76-72)58-25-16-29-65-70(58)60-23-6-12-28-64(60)73(65)62-26-10-4-19-54(62)55-20-5-11-27-63(55)73/h1-46H. The van der Waals surface area contributed by atoms with Crippen LogP contribution in [0.1, 0.15) is 22.3 Å². The Morgan fingerprint density at radius 1 is 0.316 bits per heavy atom. The van der Waals surface area contributed by atoms with Crippen molar-refractivity contribution in [3.8, 4) is 61.3 Å². The number of hydrogen-bond donors (Lipinski definition) is 0. The fraction of sp³-hybridized carbons (Fsp3) is 0.0137. The van der Waals surface area contributed by atoms with Gasteiger partial charge in [0.1, 0.15) is 11.2 Å². The molecule has 3 nitrogen and oxygen atoms in total. The third-order valence-corrected chi connectivity index (χ3v) is 16.5. The average molecular weight is 967 g/mol. The summed E-state index contributed by atoms with van der Waals surface area (Å²) in [5.41, 5.74) is 25.3. The fourth-order valence-corrected chi connectivity index (χ4v) is 13.2. The van der Waals surface area contributed by atoms with Crippen molar-refractivity contribution in [1.82, 2.24) is 4.57 Å². The van der Waals surface area contributed by atoms with Crippen LogP contribution in [0.5, 0.6) is 0 Å². The van der Waals surface area contributed by atoms with Gasteiger partial charge in [0.25, 0.3) is 0 Å². The summed E-state index contributed by atoms with van der Waals surface area (Å²) >= 11 is 0. The van der Waals surface area contributed by atoms with Gasteiger partial charge in [0.15, 0.2) is 0 Å². The summed E-state index contributed by atoms with van der Waals surface area (Å²) in [6, 6.07) is 102. The maximum Gasteiger partial charge on any atom is 0.145 e. The van der Waals surface area contributed by atoms with E-state index in [0.717, 1.165) is 66.9 Å². The predicted molar refractivity (Wildman–Crippen MR) is 315 cm³/mol. The number of nitrogens with zero attached hydrogens (tertiary/aromatic N) is 2. The molecule has 14 aromatic rings. The number of aromatic nitrogens is 1. The summed E-state index contributed by atoms with van der Waals surface area (Å²) in [4.78, 5) is 2.41. The summed E-state index contributed by atoms with van der Waals surface area (Å²) in [6.45, 7) is 0. The molecule has 0 saturated carbocycles. The minimum Gasteiger partial charge on any atom is -0.455 e. The molecular weight excluding hydrogens is 921 g/mol. The van der Waals surface area contributed by atoms with Gasteiger partial charge >= 0.3 is 0 Å². The molecule has 2 heterocycles. The molecule has 0 saturated heterocycles. The number of hydrogen-bond acceptors (Lipinski definition) is 2. The third kappa shape index (κ3) is 6.05. The summed E-state index contributed by atoms with van der Waals surface area (Å²) in [6.07, 6.45) is 0. The summed E-state index contributed by atoms with van der Waals surface area (Å²) in [7, 11) is 0. The summed E-state index contributed by atoms with van der Waals surface area (Å²) in [5.74, 6) is 0. The number of para-hydroxylation sites is 3. The van der Waals surface area contributed by atoms with Crippen molar-refractivity contribution in [2.45, 2.75) is 5.41 Å². The van der Waals surface area contributed by atoms with Crippen LogP contribution in [0.25, 0.3) is 105 Å². The number of benzene rings is 12. The van der Waals surface area contributed by atoms with E-state index in [2.05, 4.69) is 289 Å². The quantitative estimate of drug-likeness (QED) is 0.159. The Balaban J connectivity index is 0.861. The molecule has 2 aliphatic rings. The number of fused-ring (bicyclic) bond motifs is 16. The second-order valence-electron chi connectivity index (χ2n) is 20.3. The second kappa shape index (κ2) is 16.5. The smallest absolute Gasteiger partial charge is 0.145 e. The van der Waals surface area contributed by atoms with E-state index in [-0.39, 0.29) is 0 Å². The van der Waals surface area contributed by atoms with E-state index >= 15 is 0 Å². The third-order valence-electron chi connectivity index (χ3n) is 16.5. The summed E-state index contributed by atoms with van der Waals surface area (Å²) in [5, 5.41) is 4.66. The molecule has 0 bridgehead atoms. The Morgan fingerprint density at radius 3 is 1.39 bits per heavy atom. The van der Waals surface area contributed by atoms with E-state index in [4.69, 9.17) is 4.42 Å². The molecule has 3 heteroatoms. The molecule has 0 fully saturated rings. The SMILES string of the molecule is c1ccc(-c2ccc(N(c3ccc(-c4ccc(-n5c6ccccc6c6ccccc65)cc4)cc3)c3ccc(-c4cccc5c4-c4ccccc4C54c5ccccc5-c5ccccc54)c4oc5ccccc5c34)cc2)cc1. The first-order chi connectivity index (χ1) is 37.7. The molecule has 0 atom stereocenters. The van der Waals surface area contributed by atoms with Crippen LogP contribution in [0.3, 0.4) is 0 Å². The highest BCUT2D eigenvalue weighted by Crippen LogP contribution is 2.64. The lowest BCUT2D eigenvalue weighted by Gasteiger charge is -2.30. The van der Waals surface area contributed by atoms with Gasteiger partial charge in [-0.2, -0.15) is 0 Å². The van der Waals surface area contributed by atoms with Gasteiger partial charge in [-0.15, -0.1) is 0 Å². The maximum atomic E-state index is 7.19. The molecule has 0 unspecified atom stereocenters. The van der Waals surface area contributed by atoms with Crippen LogP contribution in [0.4, 0.5) is 17.1 Å². The average Bonchev–Trinajstić information content (AvgIpc) is 4.43. The van der Waals surface area contributed by atoms with Crippen molar-refractivity contribution in [2.24, 2.45) is 0 Å². The van der Waals surface area contributed by atoms with Crippen LogP contribution >= 0.6 is 0 Å². The van der Waals surface area contributed by atoms with Gasteiger partial charge in [0.2, 0.25) is 0 Å². The minimum atomic E-state index is -0.453. The Kier molecular flexibility index (Phi) is 9.25. The highest BCUT2D eigenvalue weighted by atomic mass is 16.3. The fourth-order valence-electron chi connectivity index (χ4n) is 13.2. The van der Waals surface area contributed by atoms with Crippen molar-refractivity contribution in [2.75, 3.05) is 4.90 Å². The Bertz CT molecular complexity index is 4520. The van der Waals surface area contributed by atoms with E-state index in [1.165, 1.54) is 77.4 Å². The molecule has 2 aliphatic carbocycles. The van der Waals surface area contributed by atoms with Crippen molar-refractivity contribution < 1.29 is 4.42 Å². The van der Waals surface area contributed by atoms with E-state index in [0.29, 0.717) is 0 Å². The number of furan rings is 1. The van der Waals surface area contributed by atoms with Crippen molar-refractivity contribution >= 4 is 60.8 Å². The molecule has 16 rings (SSSR count). The summed E-state index contributed by atoms with van der Waals surface area (Å²) < 4.78 is 9.56. The highest BCUT2D eigenvalue weighted by molar-refractivity contribution is 6.18. The second-order valence-corrected chi connectivity index (χ2v) is 20.3. The molecule has 0 aliphatic heterocycles. The first kappa shape index (κ1) is 42.5. The van der Waals surface area contributed by atoms with Crippen LogP contribution in [-0.4, -0.2) is 4.57 Å². The van der Waals surface area contributed by atoms with E-state index in [1.807, 2.05) is 0 Å². The van der Waals surface area contributed by atoms with Crippen LogP contribution in [0, 0.1) is 0 Å². The van der Waals surface area contributed by atoms with Gasteiger partial charge in [0, 0.05) is 38.8 Å². The van der Waals surface area contributed by atoms with Crippen molar-refractivity contribution in [1.29, 1.82) is 0 Å². The van der Waals surface area contributed by atoms with Gasteiger partial charge in [-0.3, -0.25) is 0 Å². The zero-order valence-electron chi connectivity index (χ0n) is 41.4. The Labute approximate surface area is 440 Å². The van der Waals surface area contributed by atoms with Crippen LogP contribution in [0.2, 0.25) is 0 Å². The van der Waals surface area contributed by atoms with Crippen LogP contribution in [-0.2, 0) is 5.41 Å². The predicted octanol–water partition coefficient (Wildman–Crippen LogP) is 19.5. The van der Waals surface area contributed by atoms with Crippen molar-refractivity contribution in [3.63, 3.8) is 0 Å². The monoisotopic (exact) mass is 966 g/mol. The first-order valence-corrected chi connectivity index (χ1v) is 26.2. The van der Waals surface area contributed by atoms with E-state index < -0.39 is 5.41 Å². The van der Waals surface area contributed by atoms with Crippen LogP contribution < -0.4 is 4.90 Å². The molecule has 0 radical (unpaired) electrons.